The van der Waals surface area contributed by atoms with E-state index in [0.717, 1.165) is 58.7 Å². The van der Waals surface area contributed by atoms with E-state index in [1.54, 1.807) is 31.3 Å². The number of benzene rings is 2. The first-order valence-electron chi connectivity index (χ1n) is 13.3. The van der Waals surface area contributed by atoms with Crippen LogP contribution in [0, 0.1) is 0 Å². The van der Waals surface area contributed by atoms with Gasteiger partial charge in [-0.15, -0.1) is 11.3 Å². The zero-order chi connectivity index (χ0) is 28.5. The van der Waals surface area contributed by atoms with Gasteiger partial charge in [-0.25, -0.2) is 9.78 Å². The van der Waals surface area contributed by atoms with Crippen LogP contribution in [0.25, 0.3) is 6.08 Å². The molecule has 0 bridgehead atoms. The van der Waals surface area contributed by atoms with Crippen LogP contribution in [0.5, 0.6) is 5.75 Å². The van der Waals surface area contributed by atoms with Crippen molar-refractivity contribution in [2.75, 3.05) is 6.61 Å². The molecule has 0 radical (unpaired) electrons. The zero-order valence-electron chi connectivity index (χ0n) is 23.4. The van der Waals surface area contributed by atoms with Crippen LogP contribution in [0.3, 0.4) is 0 Å². The van der Waals surface area contributed by atoms with E-state index in [4.69, 9.17) is 15.2 Å². The number of aldehydes is 1. The smallest absolute Gasteiger partial charge is 0.333 e. The number of aromatic nitrogens is 1. The lowest BCUT2D eigenvalue weighted by Gasteiger charge is -2.10. The number of hydrogen-bond donors (Lipinski definition) is 1. The van der Waals surface area contributed by atoms with Crippen LogP contribution < -0.4 is 10.5 Å². The third kappa shape index (κ3) is 12.2. The summed E-state index contributed by atoms with van der Waals surface area (Å²) in [4.78, 5) is 26.0. The monoisotopic (exact) mass is 548 g/mol. The van der Waals surface area contributed by atoms with Crippen molar-refractivity contribution in [1.82, 2.24) is 4.98 Å². The molecule has 0 amide bonds. The predicted octanol–water partition coefficient (Wildman–Crippen LogP) is 7.25. The van der Waals surface area contributed by atoms with E-state index in [1.807, 2.05) is 73.0 Å². The summed E-state index contributed by atoms with van der Waals surface area (Å²) in [6.07, 6.45) is 8.30. The summed E-state index contributed by atoms with van der Waals surface area (Å²) in [6.45, 7) is 8.46. The number of nitrogens with zero attached hydrogens (tertiary/aromatic N) is 1. The highest BCUT2D eigenvalue weighted by atomic mass is 32.1. The average molecular weight is 549 g/mol. The summed E-state index contributed by atoms with van der Waals surface area (Å²) in [5, 5.41) is 2.86. The number of hydrogen-bond acceptors (Lipinski definition) is 7. The van der Waals surface area contributed by atoms with Gasteiger partial charge in [0.1, 0.15) is 23.7 Å². The normalized spacial score (nSPS) is 12.2. The Hall–Kier alpha value is -3.55. The quantitative estimate of drug-likeness (QED) is 0.0795. The molecule has 3 rings (SSSR count). The molecule has 0 saturated carbocycles. The molecule has 0 saturated heterocycles. The van der Waals surface area contributed by atoms with Gasteiger partial charge in [-0.3, -0.25) is 0 Å². The maximum absolute atomic E-state index is 11.8. The molecule has 1 unspecified atom stereocenters. The average Bonchev–Trinajstić information content (AvgIpc) is 3.41. The van der Waals surface area contributed by atoms with E-state index in [1.165, 1.54) is 0 Å². The first-order valence-corrected chi connectivity index (χ1v) is 14.2. The third-order valence-corrected chi connectivity index (χ3v) is 6.57. The van der Waals surface area contributed by atoms with E-state index in [-0.39, 0.29) is 12.0 Å². The van der Waals surface area contributed by atoms with Crippen molar-refractivity contribution in [2.24, 2.45) is 5.73 Å². The zero-order valence-corrected chi connectivity index (χ0v) is 24.2. The molecule has 6 nitrogen and oxygen atoms in total. The van der Waals surface area contributed by atoms with Crippen molar-refractivity contribution in [3.8, 4) is 5.75 Å². The number of carbonyl (C=O) groups excluding carboxylic acids is 2. The summed E-state index contributed by atoms with van der Waals surface area (Å²) in [6, 6.07) is 17.9. The summed E-state index contributed by atoms with van der Waals surface area (Å²) >= 11 is 1.54. The molecule has 1 atom stereocenters. The van der Waals surface area contributed by atoms with E-state index >= 15 is 0 Å². The molecule has 7 heteroatoms. The van der Waals surface area contributed by atoms with Crippen LogP contribution in [-0.4, -0.2) is 23.8 Å². The lowest BCUT2D eigenvalue weighted by atomic mass is 10.1. The first kappa shape index (κ1) is 31.7. The van der Waals surface area contributed by atoms with E-state index in [9.17, 15) is 9.59 Å². The summed E-state index contributed by atoms with van der Waals surface area (Å²) in [7, 11) is 0. The lowest BCUT2D eigenvalue weighted by molar-refractivity contribution is -0.138. The number of allylic oxidation sites excluding steroid dienone is 2. The van der Waals surface area contributed by atoms with Gasteiger partial charge in [0.25, 0.3) is 0 Å². The summed E-state index contributed by atoms with van der Waals surface area (Å²) in [5.41, 5.74) is 11.0. The van der Waals surface area contributed by atoms with Crippen molar-refractivity contribution < 1.29 is 19.1 Å². The molecule has 0 fully saturated rings. The van der Waals surface area contributed by atoms with Gasteiger partial charge >= 0.3 is 5.97 Å². The van der Waals surface area contributed by atoms with Crippen LogP contribution in [0.1, 0.15) is 74.8 Å². The van der Waals surface area contributed by atoms with E-state index in [2.05, 4.69) is 11.9 Å². The fourth-order valence-electron chi connectivity index (χ4n) is 3.55. The molecule has 1 aromatic heterocycles. The van der Waals surface area contributed by atoms with Gasteiger partial charge in [-0.05, 0) is 74.6 Å². The third-order valence-electron chi connectivity index (χ3n) is 5.58. The topological polar surface area (TPSA) is 91.5 Å². The summed E-state index contributed by atoms with van der Waals surface area (Å²) < 4.78 is 10.9. The Balaban J connectivity index is 0.000000798. The Morgan fingerprint density at radius 3 is 2.38 bits per heavy atom. The number of unbranched alkanes of at least 4 members (excludes halogenated alkanes) is 2. The van der Waals surface area contributed by atoms with Crippen molar-refractivity contribution in [2.45, 2.75) is 66.0 Å². The number of ether oxygens (including phenoxy) is 2. The molecule has 3 aromatic rings. The van der Waals surface area contributed by atoms with Crippen LogP contribution >= 0.6 is 11.3 Å². The Morgan fingerprint density at radius 2 is 1.77 bits per heavy atom. The highest BCUT2D eigenvalue weighted by Crippen LogP contribution is 2.23. The molecule has 208 valence electrons. The molecular formula is C32H40N2O4S. The van der Waals surface area contributed by atoms with Crippen LogP contribution in [0.15, 0.2) is 77.2 Å². The van der Waals surface area contributed by atoms with Crippen molar-refractivity contribution >= 4 is 29.7 Å². The lowest BCUT2D eigenvalue weighted by Crippen LogP contribution is -2.13. The van der Waals surface area contributed by atoms with Gasteiger partial charge in [-0.1, -0.05) is 55.8 Å². The van der Waals surface area contributed by atoms with Gasteiger partial charge in [0.15, 0.2) is 0 Å². The molecule has 2 aromatic carbocycles. The fraction of sp³-hybridized carbons (Fsp3) is 0.344. The van der Waals surface area contributed by atoms with E-state index < -0.39 is 0 Å². The minimum atomic E-state index is -0.303. The van der Waals surface area contributed by atoms with Gasteiger partial charge in [0.2, 0.25) is 0 Å². The van der Waals surface area contributed by atoms with Crippen molar-refractivity contribution in [3.63, 3.8) is 0 Å². The minimum Gasteiger partial charge on any atom is -0.489 e. The predicted molar refractivity (Wildman–Crippen MR) is 160 cm³/mol. The second kappa shape index (κ2) is 17.9. The Bertz CT molecular complexity index is 1200. The van der Waals surface area contributed by atoms with Crippen LogP contribution in [-0.2, 0) is 27.4 Å². The highest BCUT2D eigenvalue weighted by Gasteiger charge is 2.12. The Kier molecular flexibility index (Phi) is 14.5. The molecular weight excluding hydrogens is 508 g/mol. The van der Waals surface area contributed by atoms with Gasteiger partial charge in [-0.2, -0.15) is 0 Å². The SMILES string of the molecule is CCCCC=O.CCOC(=O)/C(C)=C\C(C)=C\c1csc(C(N)Cc2ccc(OCc3ccccc3)cc2)n1. The maximum Gasteiger partial charge on any atom is 0.333 e. The number of nitrogens with two attached hydrogens (primary N) is 1. The molecule has 0 aliphatic heterocycles. The maximum atomic E-state index is 11.8. The standard InChI is InChI=1S/C27H30N2O3S.C5H10O/c1-4-31-27(30)20(3)14-19(2)15-23-18-33-26(29-23)25(28)16-21-10-12-24(13-11-21)32-17-22-8-6-5-7-9-22;1-2-3-4-5-6/h5-15,18,25H,4,16-17,28H2,1-3H3;5H,2-4H2,1H3/b19-15+,20-14-;. The fourth-order valence-corrected chi connectivity index (χ4v) is 4.33. The highest BCUT2D eigenvalue weighted by molar-refractivity contribution is 7.09. The van der Waals surface area contributed by atoms with Gasteiger partial charge in [0.05, 0.1) is 18.3 Å². The second-order valence-corrected chi connectivity index (χ2v) is 9.97. The van der Waals surface area contributed by atoms with Crippen LogP contribution in [0.2, 0.25) is 0 Å². The molecule has 39 heavy (non-hydrogen) atoms. The molecule has 2 N–H and O–H groups in total. The first-order chi connectivity index (χ1) is 18.9. The molecule has 0 aliphatic carbocycles. The number of thiazole rings is 1. The number of rotatable bonds is 13. The molecule has 0 spiro atoms. The molecule has 0 aliphatic rings. The minimum absolute atomic E-state index is 0.189. The van der Waals surface area contributed by atoms with Crippen molar-refractivity contribution in [3.05, 3.63) is 99.0 Å². The van der Waals surface area contributed by atoms with E-state index in [0.29, 0.717) is 25.2 Å². The Labute approximate surface area is 236 Å². The largest absolute Gasteiger partial charge is 0.489 e. The van der Waals surface area contributed by atoms with Gasteiger partial charge in [0, 0.05) is 17.4 Å². The second-order valence-electron chi connectivity index (χ2n) is 9.08. The number of esters is 1. The van der Waals surface area contributed by atoms with Crippen molar-refractivity contribution in [1.29, 1.82) is 0 Å². The molecule has 1 heterocycles. The number of carbonyl (C=O) groups is 2. The van der Waals surface area contributed by atoms with Gasteiger partial charge < -0.3 is 20.0 Å². The van der Waals surface area contributed by atoms with Crippen LogP contribution in [0.4, 0.5) is 0 Å². The summed E-state index contributed by atoms with van der Waals surface area (Å²) in [5.74, 6) is 0.530. The Morgan fingerprint density at radius 1 is 1.05 bits per heavy atom.